The van der Waals surface area contributed by atoms with Crippen molar-refractivity contribution in [3.8, 4) is 5.75 Å². The second kappa shape index (κ2) is 9.11. The molecule has 32 heavy (non-hydrogen) atoms. The first-order valence-corrected chi connectivity index (χ1v) is 10.3. The second-order valence-corrected chi connectivity index (χ2v) is 7.65. The van der Waals surface area contributed by atoms with Crippen molar-refractivity contribution in [2.75, 3.05) is 13.7 Å². The number of nitrogens with one attached hydrogen (secondary N) is 2. The Kier molecular flexibility index (Phi) is 6.09. The Bertz CT molecular complexity index is 1280. The summed E-state index contributed by atoms with van der Waals surface area (Å²) in [7, 11) is 1.62. The molecule has 1 unspecified atom stereocenters. The summed E-state index contributed by atoms with van der Waals surface area (Å²) in [6.45, 7) is 0.308. The van der Waals surface area contributed by atoms with Gasteiger partial charge in [0.2, 0.25) is 5.91 Å². The van der Waals surface area contributed by atoms with Gasteiger partial charge in [0.05, 0.1) is 17.7 Å². The van der Waals surface area contributed by atoms with Crippen molar-refractivity contribution in [1.82, 2.24) is 15.3 Å². The van der Waals surface area contributed by atoms with Crippen molar-refractivity contribution in [2.24, 2.45) is 5.73 Å². The zero-order valence-electron chi connectivity index (χ0n) is 17.3. The highest BCUT2D eigenvalue weighted by Crippen LogP contribution is 2.31. The van der Waals surface area contributed by atoms with E-state index < -0.39 is 11.8 Å². The Morgan fingerprint density at radius 2 is 1.94 bits per heavy atom. The molecule has 0 aliphatic heterocycles. The number of halogens is 1. The number of benzene rings is 2. The zero-order valence-corrected chi connectivity index (χ0v) is 18.0. The summed E-state index contributed by atoms with van der Waals surface area (Å²) in [5.74, 6) is -0.486. The highest BCUT2D eigenvalue weighted by Gasteiger charge is 2.21. The third-order valence-electron chi connectivity index (χ3n) is 5.32. The van der Waals surface area contributed by atoms with Crippen LogP contribution in [0.15, 0.2) is 67.0 Å². The molecule has 7 nitrogen and oxygen atoms in total. The van der Waals surface area contributed by atoms with Crippen LogP contribution in [0.3, 0.4) is 0 Å². The van der Waals surface area contributed by atoms with Crippen LogP contribution in [0.5, 0.6) is 5.75 Å². The maximum absolute atomic E-state index is 12.8. The average Bonchev–Trinajstić information content (AvgIpc) is 3.23. The van der Waals surface area contributed by atoms with Crippen molar-refractivity contribution < 1.29 is 14.3 Å². The highest BCUT2D eigenvalue weighted by atomic mass is 35.5. The van der Waals surface area contributed by atoms with E-state index in [1.54, 1.807) is 7.11 Å². The number of hydrogen-bond donors (Lipinski definition) is 3. The number of nitrogens with two attached hydrogens (primary N) is 1. The van der Waals surface area contributed by atoms with Crippen LogP contribution in [0.4, 0.5) is 0 Å². The van der Waals surface area contributed by atoms with Gasteiger partial charge in [-0.2, -0.15) is 0 Å². The van der Waals surface area contributed by atoms with Crippen molar-refractivity contribution in [3.05, 3.63) is 94.4 Å². The molecule has 0 radical (unpaired) electrons. The van der Waals surface area contributed by atoms with Crippen LogP contribution in [0, 0.1) is 0 Å². The fraction of sp³-hybridized carbons (Fsp3) is 0.125. The van der Waals surface area contributed by atoms with Crippen LogP contribution in [-0.2, 0) is 0 Å². The third kappa shape index (κ3) is 4.29. The van der Waals surface area contributed by atoms with Crippen LogP contribution in [-0.4, -0.2) is 35.4 Å². The minimum Gasteiger partial charge on any atom is -0.497 e. The van der Waals surface area contributed by atoms with Gasteiger partial charge in [0.15, 0.2) is 0 Å². The van der Waals surface area contributed by atoms with Crippen LogP contribution < -0.4 is 15.8 Å². The summed E-state index contributed by atoms with van der Waals surface area (Å²) in [6, 6.07) is 17.1. The number of para-hydroxylation sites is 1. The molecule has 0 bridgehead atoms. The highest BCUT2D eigenvalue weighted by molar-refractivity contribution is 6.33. The van der Waals surface area contributed by atoms with E-state index in [1.165, 1.54) is 12.3 Å². The number of methoxy groups -OCH3 is 1. The quantitative estimate of drug-likeness (QED) is 0.398. The Balaban J connectivity index is 1.63. The summed E-state index contributed by atoms with van der Waals surface area (Å²) in [6.07, 6.45) is 3.20. The van der Waals surface area contributed by atoms with Crippen molar-refractivity contribution in [2.45, 2.75) is 5.92 Å². The van der Waals surface area contributed by atoms with Gasteiger partial charge in [0, 0.05) is 35.8 Å². The van der Waals surface area contributed by atoms with Gasteiger partial charge in [0.1, 0.15) is 11.4 Å². The lowest BCUT2D eigenvalue weighted by atomic mass is 9.90. The monoisotopic (exact) mass is 448 g/mol. The summed E-state index contributed by atoms with van der Waals surface area (Å²) >= 11 is 6.16. The molecule has 0 aliphatic rings. The van der Waals surface area contributed by atoms with E-state index in [9.17, 15) is 9.59 Å². The normalized spacial score (nSPS) is 11.8. The van der Waals surface area contributed by atoms with Crippen LogP contribution in [0.25, 0.3) is 10.9 Å². The van der Waals surface area contributed by atoms with Gasteiger partial charge < -0.3 is 20.8 Å². The first-order valence-electron chi connectivity index (χ1n) is 9.91. The first kappa shape index (κ1) is 21.4. The molecule has 2 heterocycles. The van der Waals surface area contributed by atoms with Crippen LogP contribution >= 0.6 is 11.6 Å². The van der Waals surface area contributed by atoms with E-state index in [0.717, 1.165) is 27.8 Å². The number of aromatic nitrogens is 2. The topological polar surface area (TPSA) is 110 Å². The number of ether oxygens (including phenoxy) is 1. The maximum Gasteiger partial charge on any atom is 0.271 e. The fourth-order valence-corrected chi connectivity index (χ4v) is 3.90. The minimum absolute atomic E-state index is 0.0316. The van der Waals surface area contributed by atoms with E-state index >= 15 is 0 Å². The summed E-state index contributed by atoms with van der Waals surface area (Å²) in [5, 5.41) is 4.06. The number of hydrogen-bond acceptors (Lipinski definition) is 4. The number of carbonyl (C=O) groups excluding carboxylic acids is 2. The average molecular weight is 449 g/mol. The SMILES string of the molecule is COc1ccc(C(CNC(=O)c2ncc(C(N)=O)cc2Cl)c2c[nH]c3ccccc23)cc1. The molecule has 162 valence electrons. The zero-order chi connectivity index (χ0) is 22.7. The van der Waals surface area contributed by atoms with E-state index in [0.29, 0.717) is 6.54 Å². The molecule has 1 atom stereocenters. The number of nitrogens with zero attached hydrogens (tertiary/aromatic N) is 1. The molecular weight excluding hydrogens is 428 g/mol. The molecule has 0 spiro atoms. The van der Waals surface area contributed by atoms with Crippen molar-refractivity contribution >= 4 is 34.3 Å². The predicted molar refractivity (Wildman–Crippen MR) is 123 cm³/mol. The number of amides is 2. The summed E-state index contributed by atoms with van der Waals surface area (Å²) < 4.78 is 5.27. The molecule has 2 amide bonds. The molecule has 0 saturated heterocycles. The molecule has 4 rings (SSSR count). The van der Waals surface area contributed by atoms with E-state index in [-0.39, 0.29) is 22.2 Å². The lowest BCUT2D eigenvalue weighted by molar-refractivity contribution is 0.0944. The number of pyridine rings is 1. The Morgan fingerprint density at radius 3 is 2.62 bits per heavy atom. The molecule has 2 aromatic heterocycles. The van der Waals surface area contributed by atoms with Gasteiger partial charge in [0.25, 0.3) is 5.91 Å². The molecule has 4 N–H and O–H groups in total. The third-order valence-corrected chi connectivity index (χ3v) is 5.61. The van der Waals surface area contributed by atoms with Gasteiger partial charge in [-0.3, -0.25) is 9.59 Å². The smallest absolute Gasteiger partial charge is 0.271 e. The number of primary amides is 1. The summed E-state index contributed by atoms with van der Waals surface area (Å²) in [5.41, 5.74) is 8.49. The van der Waals surface area contributed by atoms with E-state index in [4.69, 9.17) is 22.1 Å². The first-order chi connectivity index (χ1) is 15.5. The number of carbonyl (C=O) groups is 2. The van der Waals surface area contributed by atoms with Crippen LogP contribution in [0.2, 0.25) is 5.02 Å². The molecule has 0 fully saturated rings. The van der Waals surface area contributed by atoms with E-state index in [2.05, 4.69) is 15.3 Å². The number of rotatable bonds is 7. The number of H-pyrrole nitrogens is 1. The Morgan fingerprint density at radius 1 is 1.19 bits per heavy atom. The van der Waals surface area contributed by atoms with Crippen molar-refractivity contribution in [3.63, 3.8) is 0 Å². The van der Waals surface area contributed by atoms with Gasteiger partial charge >= 0.3 is 0 Å². The predicted octanol–water partition coefficient (Wildman–Crippen LogP) is 3.89. The minimum atomic E-state index is -0.662. The lowest BCUT2D eigenvalue weighted by Crippen LogP contribution is -2.30. The molecule has 0 aliphatic carbocycles. The van der Waals surface area contributed by atoms with Gasteiger partial charge in [-0.25, -0.2) is 4.98 Å². The van der Waals surface area contributed by atoms with E-state index in [1.807, 2.05) is 54.7 Å². The Hall–Kier alpha value is -3.84. The maximum atomic E-state index is 12.8. The van der Waals surface area contributed by atoms with Gasteiger partial charge in [-0.15, -0.1) is 0 Å². The molecule has 4 aromatic rings. The standard InChI is InChI=1S/C24H21ClN4O3/c1-32-16-8-6-14(7-9-16)18(19-13-27-21-5-3-2-4-17(19)21)12-29-24(31)22-20(25)10-15(11-28-22)23(26)30/h2-11,13,18,27H,12H2,1H3,(H2,26,30)(H,29,31). The number of fused-ring (bicyclic) bond motifs is 1. The lowest BCUT2D eigenvalue weighted by Gasteiger charge is -2.19. The molecule has 8 heteroatoms. The van der Waals surface area contributed by atoms with Gasteiger partial charge in [-0.1, -0.05) is 41.9 Å². The van der Waals surface area contributed by atoms with Crippen LogP contribution in [0.1, 0.15) is 37.9 Å². The molecule has 0 saturated carbocycles. The fourth-order valence-electron chi connectivity index (χ4n) is 3.64. The Labute approximate surface area is 189 Å². The number of aromatic amines is 1. The van der Waals surface area contributed by atoms with Gasteiger partial charge in [-0.05, 0) is 35.4 Å². The van der Waals surface area contributed by atoms with Crippen molar-refractivity contribution in [1.29, 1.82) is 0 Å². The molecule has 2 aromatic carbocycles. The molecular formula is C24H21ClN4O3. The largest absolute Gasteiger partial charge is 0.497 e. The summed E-state index contributed by atoms with van der Waals surface area (Å²) in [4.78, 5) is 31.4. The second-order valence-electron chi connectivity index (χ2n) is 7.24.